The van der Waals surface area contributed by atoms with Crippen molar-refractivity contribution in [1.29, 1.82) is 0 Å². The van der Waals surface area contributed by atoms with Crippen molar-refractivity contribution in [2.45, 2.75) is 44.7 Å². The molecular weight excluding hydrogens is 234 g/mol. The maximum atomic E-state index is 11.9. The molecule has 1 aliphatic carbocycles. The predicted molar refractivity (Wildman–Crippen MR) is 68.1 cm³/mol. The molecule has 0 bridgehead atoms. The van der Waals surface area contributed by atoms with E-state index in [0.717, 1.165) is 12.8 Å². The molecule has 0 aromatic carbocycles. The summed E-state index contributed by atoms with van der Waals surface area (Å²) in [6.07, 6.45) is 4.00. The first kappa shape index (κ1) is 14.9. The van der Waals surface area contributed by atoms with Gasteiger partial charge in [-0.15, -0.1) is 0 Å². The van der Waals surface area contributed by atoms with Crippen molar-refractivity contribution in [1.82, 2.24) is 15.5 Å². The Balaban J connectivity index is 2.53. The SMILES string of the molecule is CNC(=O)NC(=O)C(C)N(CCCO)C1CCC1. The van der Waals surface area contributed by atoms with Crippen LogP contribution < -0.4 is 10.6 Å². The third-order valence-electron chi connectivity index (χ3n) is 3.46. The lowest BCUT2D eigenvalue weighted by molar-refractivity contribution is -0.126. The molecule has 0 aliphatic heterocycles. The first-order valence-corrected chi connectivity index (χ1v) is 6.49. The van der Waals surface area contributed by atoms with Crippen LogP contribution in [0.1, 0.15) is 32.6 Å². The molecule has 1 unspecified atom stereocenters. The van der Waals surface area contributed by atoms with Gasteiger partial charge in [0, 0.05) is 26.2 Å². The third kappa shape index (κ3) is 3.96. The van der Waals surface area contributed by atoms with Gasteiger partial charge < -0.3 is 10.4 Å². The number of carbonyl (C=O) groups excluding carboxylic acids is 2. The van der Waals surface area contributed by atoms with Gasteiger partial charge in [0.15, 0.2) is 0 Å². The summed E-state index contributed by atoms with van der Waals surface area (Å²) < 4.78 is 0. The lowest BCUT2D eigenvalue weighted by Crippen LogP contribution is -2.54. The normalized spacial score (nSPS) is 17.1. The summed E-state index contributed by atoms with van der Waals surface area (Å²) in [5, 5.41) is 13.6. The molecule has 1 fully saturated rings. The minimum Gasteiger partial charge on any atom is -0.396 e. The van der Waals surface area contributed by atoms with E-state index in [9.17, 15) is 9.59 Å². The van der Waals surface area contributed by atoms with Crippen LogP contribution in [0.4, 0.5) is 4.79 Å². The van der Waals surface area contributed by atoms with E-state index >= 15 is 0 Å². The number of aliphatic hydroxyl groups is 1. The lowest BCUT2D eigenvalue weighted by atomic mass is 9.90. The van der Waals surface area contributed by atoms with Gasteiger partial charge in [0.05, 0.1) is 6.04 Å². The van der Waals surface area contributed by atoms with Crippen molar-refractivity contribution in [2.75, 3.05) is 20.2 Å². The zero-order valence-corrected chi connectivity index (χ0v) is 11.1. The van der Waals surface area contributed by atoms with E-state index in [1.54, 1.807) is 6.92 Å². The fraction of sp³-hybridized carbons (Fsp3) is 0.833. The zero-order valence-electron chi connectivity index (χ0n) is 11.1. The van der Waals surface area contributed by atoms with Gasteiger partial charge in [-0.25, -0.2) is 4.79 Å². The second-order valence-corrected chi connectivity index (χ2v) is 4.64. The minimum atomic E-state index is -0.484. The van der Waals surface area contributed by atoms with Crippen molar-refractivity contribution in [2.24, 2.45) is 0 Å². The van der Waals surface area contributed by atoms with Gasteiger partial charge >= 0.3 is 6.03 Å². The van der Waals surface area contributed by atoms with Gasteiger partial charge in [-0.2, -0.15) is 0 Å². The Morgan fingerprint density at radius 3 is 2.56 bits per heavy atom. The molecule has 0 heterocycles. The fourth-order valence-corrected chi connectivity index (χ4v) is 2.09. The molecule has 1 rings (SSSR count). The molecule has 0 radical (unpaired) electrons. The zero-order chi connectivity index (χ0) is 13.5. The lowest BCUT2D eigenvalue weighted by Gasteiger charge is -2.40. The highest BCUT2D eigenvalue weighted by Gasteiger charge is 2.31. The maximum absolute atomic E-state index is 11.9. The fourth-order valence-electron chi connectivity index (χ4n) is 2.09. The maximum Gasteiger partial charge on any atom is 0.321 e. The third-order valence-corrected chi connectivity index (χ3v) is 3.46. The molecule has 0 aromatic heterocycles. The number of urea groups is 1. The molecule has 6 heteroatoms. The number of aliphatic hydroxyl groups excluding tert-OH is 1. The molecule has 1 aliphatic rings. The molecule has 3 amide bonds. The molecule has 0 aromatic rings. The first-order valence-electron chi connectivity index (χ1n) is 6.49. The highest BCUT2D eigenvalue weighted by molar-refractivity contribution is 5.96. The van der Waals surface area contributed by atoms with Crippen molar-refractivity contribution in [3.8, 4) is 0 Å². The number of imide groups is 1. The van der Waals surface area contributed by atoms with Gasteiger partial charge in [-0.05, 0) is 26.2 Å². The Bertz CT molecular complexity index is 292. The standard InChI is InChI=1S/C12H23N3O3/c1-9(11(17)14-12(18)13-2)15(7-4-8-16)10-5-3-6-10/h9-10,16H,3-8H2,1-2H3,(H2,13,14,17,18). The number of amides is 3. The molecular formula is C12H23N3O3. The molecule has 0 saturated heterocycles. The summed E-state index contributed by atoms with van der Waals surface area (Å²) >= 11 is 0. The van der Waals surface area contributed by atoms with E-state index in [4.69, 9.17) is 5.11 Å². The van der Waals surface area contributed by atoms with Crippen LogP contribution >= 0.6 is 0 Å². The van der Waals surface area contributed by atoms with Crippen LogP contribution in [0.25, 0.3) is 0 Å². The average molecular weight is 257 g/mol. The summed E-state index contributed by atoms with van der Waals surface area (Å²) in [7, 11) is 1.47. The summed E-state index contributed by atoms with van der Waals surface area (Å²) in [5.41, 5.74) is 0. The predicted octanol–water partition coefficient (Wildman–Crippen LogP) is 0.0674. The Hall–Kier alpha value is -1.14. The van der Waals surface area contributed by atoms with Gasteiger partial charge in [-0.1, -0.05) is 6.42 Å². The second-order valence-electron chi connectivity index (χ2n) is 4.64. The molecule has 0 spiro atoms. The monoisotopic (exact) mass is 257 g/mol. The van der Waals surface area contributed by atoms with Crippen molar-refractivity contribution < 1.29 is 14.7 Å². The number of carbonyl (C=O) groups is 2. The van der Waals surface area contributed by atoms with E-state index in [1.807, 2.05) is 0 Å². The number of hydrogen-bond acceptors (Lipinski definition) is 4. The molecule has 1 atom stereocenters. The highest BCUT2D eigenvalue weighted by Crippen LogP contribution is 2.26. The number of nitrogens with one attached hydrogen (secondary N) is 2. The van der Waals surface area contributed by atoms with E-state index in [-0.39, 0.29) is 18.6 Å². The average Bonchev–Trinajstić information content (AvgIpc) is 2.30. The van der Waals surface area contributed by atoms with E-state index in [2.05, 4.69) is 15.5 Å². The molecule has 3 N–H and O–H groups in total. The van der Waals surface area contributed by atoms with Gasteiger partial charge in [0.2, 0.25) is 5.91 Å². The van der Waals surface area contributed by atoms with E-state index in [0.29, 0.717) is 19.0 Å². The van der Waals surface area contributed by atoms with Gasteiger partial charge in [0.25, 0.3) is 0 Å². The summed E-state index contributed by atoms with van der Waals surface area (Å²) in [6.45, 7) is 2.60. The van der Waals surface area contributed by atoms with Crippen LogP contribution in [0.2, 0.25) is 0 Å². The Kier molecular flexibility index (Phi) is 6.07. The van der Waals surface area contributed by atoms with Crippen LogP contribution in [0, 0.1) is 0 Å². The second kappa shape index (κ2) is 7.33. The quantitative estimate of drug-likeness (QED) is 0.629. The van der Waals surface area contributed by atoms with Crippen LogP contribution in [-0.4, -0.2) is 54.2 Å². The van der Waals surface area contributed by atoms with Gasteiger partial charge in [-0.3, -0.25) is 15.0 Å². The topological polar surface area (TPSA) is 81.7 Å². The largest absolute Gasteiger partial charge is 0.396 e. The van der Waals surface area contributed by atoms with Crippen LogP contribution in [0.5, 0.6) is 0 Å². The summed E-state index contributed by atoms with van der Waals surface area (Å²) in [5.74, 6) is -0.292. The van der Waals surface area contributed by atoms with Crippen molar-refractivity contribution in [3.05, 3.63) is 0 Å². The van der Waals surface area contributed by atoms with Gasteiger partial charge in [0.1, 0.15) is 0 Å². The van der Waals surface area contributed by atoms with E-state index < -0.39 is 6.03 Å². The number of rotatable bonds is 6. The molecule has 6 nitrogen and oxygen atoms in total. The van der Waals surface area contributed by atoms with Crippen LogP contribution in [0.3, 0.4) is 0 Å². The van der Waals surface area contributed by atoms with Crippen LogP contribution in [0.15, 0.2) is 0 Å². The Morgan fingerprint density at radius 2 is 2.11 bits per heavy atom. The Morgan fingerprint density at radius 1 is 1.44 bits per heavy atom. The summed E-state index contributed by atoms with van der Waals surface area (Å²) in [6, 6.07) is -0.427. The van der Waals surface area contributed by atoms with Crippen LogP contribution in [-0.2, 0) is 4.79 Å². The van der Waals surface area contributed by atoms with Crippen molar-refractivity contribution in [3.63, 3.8) is 0 Å². The minimum absolute atomic E-state index is 0.118. The smallest absolute Gasteiger partial charge is 0.321 e. The molecule has 104 valence electrons. The van der Waals surface area contributed by atoms with Crippen molar-refractivity contribution >= 4 is 11.9 Å². The number of nitrogens with zero attached hydrogens (tertiary/aromatic N) is 1. The Labute approximate surface area is 108 Å². The summed E-state index contributed by atoms with van der Waals surface area (Å²) in [4.78, 5) is 25.1. The molecule has 18 heavy (non-hydrogen) atoms. The molecule has 1 saturated carbocycles. The highest BCUT2D eigenvalue weighted by atomic mass is 16.3. The number of hydrogen-bond donors (Lipinski definition) is 3. The first-order chi connectivity index (χ1) is 8.60. The van der Waals surface area contributed by atoms with E-state index in [1.165, 1.54) is 13.5 Å².